The van der Waals surface area contributed by atoms with Gasteiger partial charge in [-0.3, -0.25) is 0 Å². The molecule has 0 bridgehead atoms. The van der Waals surface area contributed by atoms with E-state index in [1.54, 1.807) is 0 Å². The molecule has 3 rings (SSSR count). The molecule has 0 fully saturated rings. The summed E-state index contributed by atoms with van der Waals surface area (Å²) in [6, 6.07) is 16.2. The van der Waals surface area contributed by atoms with Crippen LogP contribution in [0.2, 0.25) is 0 Å². The summed E-state index contributed by atoms with van der Waals surface area (Å²) in [5.41, 5.74) is 8.90. The van der Waals surface area contributed by atoms with E-state index in [9.17, 15) is 0 Å². The predicted molar refractivity (Wildman–Crippen MR) is 85.3 cm³/mol. The highest BCUT2D eigenvalue weighted by atomic mass is 32.1. The monoisotopic (exact) mass is 284 g/mol. The van der Waals surface area contributed by atoms with Crippen LogP contribution < -0.4 is 15.4 Å². The van der Waals surface area contributed by atoms with Crippen LogP contribution in [0.5, 0.6) is 5.75 Å². The summed E-state index contributed by atoms with van der Waals surface area (Å²) in [7, 11) is 0. The predicted octanol–water partition coefficient (Wildman–Crippen LogP) is 2.72. The fourth-order valence-corrected chi connectivity index (χ4v) is 2.52. The number of hydrogen-bond donors (Lipinski definition) is 1. The van der Waals surface area contributed by atoms with Crippen molar-refractivity contribution >= 4 is 22.9 Å². The summed E-state index contributed by atoms with van der Waals surface area (Å²) in [6.07, 6.45) is 0. The largest absolute Gasteiger partial charge is 0.491 e. The molecule has 4 heteroatoms. The summed E-state index contributed by atoms with van der Waals surface area (Å²) in [6.45, 7) is 2.40. The number of hydrogen-bond acceptors (Lipinski definition) is 3. The van der Waals surface area contributed by atoms with Gasteiger partial charge < -0.3 is 15.4 Å². The molecular formula is C16H16N2OS. The standard InChI is InChI=1S/C16H16N2OS/c17-16(20)12-5-7-14(8-6-12)18-9-10-19-15-4-2-1-3-13(15)11-18/h1-8H,9-11H2,(H2,17,20). The molecule has 0 aliphatic carbocycles. The van der Waals surface area contributed by atoms with E-state index in [1.807, 2.05) is 30.3 Å². The summed E-state index contributed by atoms with van der Waals surface area (Å²) in [4.78, 5) is 2.73. The van der Waals surface area contributed by atoms with E-state index in [-0.39, 0.29) is 0 Å². The zero-order chi connectivity index (χ0) is 13.9. The number of ether oxygens (including phenoxy) is 1. The fourth-order valence-electron chi connectivity index (χ4n) is 2.38. The van der Waals surface area contributed by atoms with E-state index in [0.717, 1.165) is 30.1 Å². The van der Waals surface area contributed by atoms with Crippen molar-refractivity contribution in [3.05, 3.63) is 59.7 Å². The summed E-state index contributed by atoms with van der Waals surface area (Å²) >= 11 is 4.98. The third kappa shape index (κ3) is 2.60. The van der Waals surface area contributed by atoms with Gasteiger partial charge in [-0.15, -0.1) is 0 Å². The maximum atomic E-state index is 5.78. The van der Waals surface area contributed by atoms with E-state index in [2.05, 4.69) is 23.1 Å². The molecular weight excluding hydrogens is 268 g/mol. The van der Waals surface area contributed by atoms with Crippen molar-refractivity contribution in [2.45, 2.75) is 6.54 Å². The second kappa shape index (κ2) is 5.51. The third-order valence-electron chi connectivity index (χ3n) is 3.47. The Morgan fingerprint density at radius 1 is 1.10 bits per heavy atom. The van der Waals surface area contributed by atoms with Crippen molar-refractivity contribution in [1.29, 1.82) is 0 Å². The maximum absolute atomic E-state index is 5.78. The third-order valence-corrected chi connectivity index (χ3v) is 3.71. The van der Waals surface area contributed by atoms with Crippen LogP contribution in [-0.2, 0) is 6.54 Å². The molecule has 3 nitrogen and oxygen atoms in total. The average molecular weight is 284 g/mol. The minimum atomic E-state index is 0.432. The minimum absolute atomic E-state index is 0.432. The number of nitrogens with zero attached hydrogens (tertiary/aromatic N) is 1. The molecule has 0 aromatic heterocycles. The van der Waals surface area contributed by atoms with Gasteiger partial charge in [0.05, 0.1) is 6.54 Å². The summed E-state index contributed by atoms with van der Waals surface area (Å²) < 4.78 is 5.78. The van der Waals surface area contributed by atoms with Gasteiger partial charge in [-0.05, 0) is 30.3 Å². The Balaban J connectivity index is 1.85. The van der Waals surface area contributed by atoms with Gasteiger partial charge in [0.1, 0.15) is 17.3 Å². The van der Waals surface area contributed by atoms with Gasteiger partial charge in [-0.25, -0.2) is 0 Å². The van der Waals surface area contributed by atoms with Crippen LogP contribution in [0.15, 0.2) is 48.5 Å². The van der Waals surface area contributed by atoms with Gasteiger partial charge in [-0.1, -0.05) is 30.4 Å². The molecule has 1 aliphatic heterocycles. The molecule has 2 aromatic carbocycles. The smallest absolute Gasteiger partial charge is 0.124 e. The maximum Gasteiger partial charge on any atom is 0.124 e. The van der Waals surface area contributed by atoms with E-state index >= 15 is 0 Å². The van der Waals surface area contributed by atoms with Gasteiger partial charge in [0.15, 0.2) is 0 Å². The summed E-state index contributed by atoms with van der Waals surface area (Å²) in [5, 5.41) is 0. The molecule has 102 valence electrons. The van der Waals surface area contributed by atoms with Crippen molar-refractivity contribution in [2.75, 3.05) is 18.1 Å². The number of benzene rings is 2. The van der Waals surface area contributed by atoms with Crippen LogP contribution in [0, 0.1) is 0 Å². The molecule has 0 saturated carbocycles. The first-order valence-electron chi connectivity index (χ1n) is 6.59. The number of para-hydroxylation sites is 1. The lowest BCUT2D eigenvalue weighted by atomic mass is 10.1. The van der Waals surface area contributed by atoms with Crippen molar-refractivity contribution in [3.8, 4) is 5.75 Å². The van der Waals surface area contributed by atoms with Gasteiger partial charge in [-0.2, -0.15) is 0 Å². The highest BCUT2D eigenvalue weighted by Crippen LogP contribution is 2.26. The number of rotatable bonds is 2. The lowest BCUT2D eigenvalue weighted by Gasteiger charge is -2.22. The van der Waals surface area contributed by atoms with Crippen LogP contribution in [0.1, 0.15) is 11.1 Å². The average Bonchev–Trinajstić information content (AvgIpc) is 2.69. The number of nitrogens with two attached hydrogens (primary N) is 1. The fraction of sp³-hybridized carbons (Fsp3) is 0.188. The Hall–Kier alpha value is -2.07. The second-order valence-corrected chi connectivity index (χ2v) is 5.23. The molecule has 0 amide bonds. The normalized spacial score (nSPS) is 14.1. The Kier molecular flexibility index (Phi) is 3.56. The molecule has 0 radical (unpaired) electrons. The molecule has 0 atom stereocenters. The first-order chi connectivity index (χ1) is 9.74. The lowest BCUT2D eigenvalue weighted by molar-refractivity contribution is 0.331. The molecule has 20 heavy (non-hydrogen) atoms. The van der Waals surface area contributed by atoms with Crippen molar-refractivity contribution in [1.82, 2.24) is 0 Å². The summed E-state index contributed by atoms with van der Waals surface area (Å²) in [5.74, 6) is 0.981. The second-order valence-electron chi connectivity index (χ2n) is 4.79. The molecule has 0 saturated heterocycles. The van der Waals surface area contributed by atoms with Crippen LogP contribution in [0.25, 0.3) is 0 Å². The Labute approximate surface area is 124 Å². The van der Waals surface area contributed by atoms with E-state index < -0.39 is 0 Å². The molecule has 0 spiro atoms. The highest BCUT2D eigenvalue weighted by molar-refractivity contribution is 7.80. The number of anilines is 1. The van der Waals surface area contributed by atoms with Crippen molar-refractivity contribution in [2.24, 2.45) is 5.73 Å². The lowest BCUT2D eigenvalue weighted by Crippen LogP contribution is -2.25. The zero-order valence-electron chi connectivity index (χ0n) is 11.1. The van der Waals surface area contributed by atoms with Crippen LogP contribution in [-0.4, -0.2) is 18.1 Å². The Morgan fingerprint density at radius 2 is 1.85 bits per heavy atom. The molecule has 1 heterocycles. The first-order valence-corrected chi connectivity index (χ1v) is 7.00. The van der Waals surface area contributed by atoms with Crippen LogP contribution >= 0.6 is 12.2 Å². The van der Waals surface area contributed by atoms with Gasteiger partial charge in [0.2, 0.25) is 0 Å². The molecule has 2 aromatic rings. The SMILES string of the molecule is NC(=S)c1ccc(N2CCOc3ccccc3C2)cc1. The topological polar surface area (TPSA) is 38.5 Å². The number of fused-ring (bicyclic) bond motifs is 1. The van der Waals surface area contributed by atoms with E-state index in [0.29, 0.717) is 11.6 Å². The first kappa shape index (κ1) is 12.9. The van der Waals surface area contributed by atoms with E-state index in [4.69, 9.17) is 22.7 Å². The Morgan fingerprint density at radius 3 is 2.60 bits per heavy atom. The molecule has 0 unspecified atom stereocenters. The minimum Gasteiger partial charge on any atom is -0.491 e. The van der Waals surface area contributed by atoms with Crippen molar-refractivity contribution in [3.63, 3.8) is 0 Å². The Bertz CT molecular complexity index is 625. The van der Waals surface area contributed by atoms with Gasteiger partial charge >= 0.3 is 0 Å². The van der Waals surface area contributed by atoms with E-state index in [1.165, 1.54) is 5.56 Å². The van der Waals surface area contributed by atoms with Crippen LogP contribution in [0.3, 0.4) is 0 Å². The highest BCUT2D eigenvalue weighted by Gasteiger charge is 2.15. The molecule has 2 N–H and O–H groups in total. The van der Waals surface area contributed by atoms with Crippen LogP contribution in [0.4, 0.5) is 5.69 Å². The zero-order valence-corrected chi connectivity index (χ0v) is 11.9. The van der Waals surface area contributed by atoms with Crippen molar-refractivity contribution < 1.29 is 4.74 Å². The molecule has 1 aliphatic rings. The van der Waals surface area contributed by atoms with Gasteiger partial charge in [0, 0.05) is 23.4 Å². The quantitative estimate of drug-likeness (QED) is 0.861. The number of thiocarbonyl (C=S) groups is 1. The van der Waals surface area contributed by atoms with Gasteiger partial charge in [0.25, 0.3) is 0 Å².